The van der Waals surface area contributed by atoms with Gasteiger partial charge in [-0.05, 0) is 31.2 Å². The molecule has 0 aromatic heterocycles. The summed E-state index contributed by atoms with van der Waals surface area (Å²) in [4.78, 5) is 25.0. The Morgan fingerprint density at radius 1 is 1.17 bits per heavy atom. The highest BCUT2D eigenvalue weighted by Crippen LogP contribution is 2.18. The van der Waals surface area contributed by atoms with Crippen molar-refractivity contribution in [3.63, 3.8) is 0 Å². The minimum Gasteiger partial charge on any atom is -0.480 e. The summed E-state index contributed by atoms with van der Waals surface area (Å²) in [5.74, 6) is -1.57. The number of likely N-dealkylation sites (N-methyl/N-ethyl adjacent to an activating group) is 1. The lowest BCUT2D eigenvalue weighted by Crippen LogP contribution is -2.41. The Balaban J connectivity index is 2.61. The molecule has 0 aliphatic rings. The third-order valence-corrected chi connectivity index (χ3v) is 3.46. The summed E-state index contributed by atoms with van der Waals surface area (Å²) in [6, 6.07) is 6.06. The lowest BCUT2D eigenvalue weighted by Gasteiger charge is -2.22. The topological polar surface area (TPSA) is 122 Å². The van der Waals surface area contributed by atoms with E-state index in [9.17, 15) is 9.59 Å². The number of carboxylic acid groups (broad SMARTS) is 1. The average Bonchev–Trinajstić information content (AvgIpc) is 2.57. The number of aliphatic hydroxyl groups is 2. The molecule has 0 heterocycles. The molecule has 1 aromatic rings. The highest BCUT2D eigenvalue weighted by molar-refractivity contribution is 5.94. The standard InChI is InChI=1S/C16H25N3O5/c1-2-19(8-10-21)13-5-3-12(4-6-13)18-15(22)11-14(16(23)24)17-7-9-20/h3-6,14,17,20-21H,2,7-11H2,1H3,(H,18,22)(H,23,24). The second kappa shape index (κ2) is 10.6. The van der Waals surface area contributed by atoms with Gasteiger partial charge in [0.15, 0.2) is 0 Å². The fourth-order valence-electron chi connectivity index (χ4n) is 2.23. The quantitative estimate of drug-likeness (QED) is 0.381. The molecule has 1 amide bonds. The van der Waals surface area contributed by atoms with Crippen molar-refractivity contribution in [1.82, 2.24) is 5.32 Å². The number of hydrogen-bond donors (Lipinski definition) is 5. The first kappa shape index (κ1) is 19.9. The summed E-state index contributed by atoms with van der Waals surface area (Å²) in [6.07, 6.45) is -0.233. The Kier molecular flexibility index (Phi) is 8.77. The van der Waals surface area contributed by atoms with Crippen LogP contribution < -0.4 is 15.5 Å². The van der Waals surface area contributed by atoms with Crippen molar-refractivity contribution >= 4 is 23.3 Å². The van der Waals surface area contributed by atoms with Crippen LogP contribution in [0.2, 0.25) is 0 Å². The third kappa shape index (κ3) is 6.53. The number of nitrogens with one attached hydrogen (secondary N) is 2. The van der Waals surface area contributed by atoms with E-state index in [1.54, 1.807) is 12.1 Å². The van der Waals surface area contributed by atoms with E-state index < -0.39 is 17.9 Å². The molecule has 1 rings (SSSR count). The summed E-state index contributed by atoms with van der Waals surface area (Å²) < 4.78 is 0. The zero-order valence-corrected chi connectivity index (χ0v) is 13.7. The van der Waals surface area contributed by atoms with Crippen molar-refractivity contribution in [3.05, 3.63) is 24.3 Å². The van der Waals surface area contributed by atoms with Crippen LogP contribution in [0.3, 0.4) is 0 Å². The number of carbonyl (C=O) groups is 2. The molecule has 1 unspecified atom stereocenters. The molecule has 0 aliphatic heterocycles. The molecular weight excluding hydrogens is 314 g/mol. The minimum atomic E-state index is -1.14. The Labute approximate surface area is 141 Å². The number of amides is 1. The van der Waals surface area contributed by atoms with E-state index in [1.165, 1.54) is 0 Å². The van der Waals surface area contributed by atoms with Gasteiger partial charge >= 0.3 is 5.97 Å². The van der Waals surface area contributed by atoms with Crippen LogP contribution in [0.1, 0.15) is 13.3 Å². The Morgan fingerprint density at radius 3 is 2.33 bits per heavy atom. The van der Waals surface area contributed by atoms with Crippen LogP contribution in [0, 0.1) is 0 Å². The second-order valence-corrected chi connectivity index (χ2v) is 5.17. The van der Waals surface area contributed by atoms with Gasteiger partial charge in [-0.25, -0.2) is 0 Å². The van der Waals surface area contributed by atoms with Gasteiger partial charge in [0.05, 0.1) is 19.6 Å². The zero-order valence-electron chi connectivity index (χ0n) is 13.7. The number of aliphatic carboxylic acids is 1. The van der Waals surface area contributed by atoms with Crippen molar-refractivity contribution in [2.75, 3.05) is 43.1 Å². The van der Waals surface area contributed by atoms with Gasteiger partial charge in [-0.1, -0.05) is 0 Å². The van der Waals surface area contributed by atoms with Gasteiger partial charge in [0.2, 0.25) is 5.91 Å². The van der Waals surface area contributed by atoms with Gasteiger partial charge in [-0.3, -0.25) is 9.59 Å². The SMILES string of the molecule is CCN(CCO)c1ccc(NC(=O)CC(NCCO)C(=O)O)cc1. The molecular formula is C16H25N3O5. The van der Waals surface area contributed by atoms with E-state index >= 15 is 0 Å². The molecule has 1 atom stereocenters. The number of nitrogens with zero attached hydrogens (tertiary/aromatic N) is 1. The lowest BCUT2D eigenvalue weighted by atomic mass is 10.2. The number of benzene rings is 1. The predicted molar refractivity (Wildman–Crippen MR) is 91.2 cm³/mol. The van der Waals surface area contributed by atoms with Crippen molar-refractivity contribution in [3.8, 4) is 0 Å². The zero-order chi connectivity index (χ0) is 17.9. The number of carbonyl (C=O) groups excluding carboxylic acids is 1. The molecule has 24 heavy (non-hydrogen) atoms. The van der Waals surface area contributed by atoms with E-state index in [0.29, 0.717) is 12.2 Å². The van der Waals surface area contributed by atoms with Crippen LogP contribution in [0.15, 0.2) is 24.3 Å². The number of rotatable bonds is 11. The maximum atomic E-state index is 11.9. The molecule has 134 valence electrons. The van der Waals surface area contributed by atoms with Gasteiger partial charge in [0.1, 0.15) is 6.04 Å². The van der Waals surface area contributed by atoms with Crippen molar-refractivity contribution in [2.24, 2.45) is 0 Å². The molecule has 0 radical (unpaired) electrons. The monoisotopic (exact) mass is 339 g/mol. The second-order valence-electron chi connectivity index (χ2n) is 5.17. The highest BCUT2D eigenvalue weighted by atomic mass is 16.4. The van der Waals surface area contributed by atoms with E-state index in [1.807, 2.05) is 24.0 Å². The number of hydrogen-bond acceptors (Lipinski definition) is 6. The van der Waals surface area contributed by atoms with Crippen LogP contribution in [-0.4, -0.2) is 66.1 Å². The minimum absolute atomic E-state index is 0.0593. The highest BCUT2D eigenvalue weighted by Gasteiger charge is 2.20. The van der Waals surface area contributed by atoms with Gasteiger partial charge < -0.3 is 30.9 Å². The Hall–Kier alpha value is -2.16. The first-order valence-corrected chi connectivity index (χ1v) is 7.84. The third-order valence-electron chi connectivity index (χ3n) is 3.46. The number of anilines is 2. The molecule has 0 saturated heterocycles. The molecule has 5 N–H and O–H groups in total. The average molecular weight is 339 g/mol. The predicted octanol–water partition coefficient (Wildman–Crippen LogP) is -0.131. The van der Waals surface area contributed by atoms with Crippen LogP contribution in [0.4, 0.5) is 11.4 Å². The molecule has 0 spiro atoms. The fraction of sp³-hybridized carbons (Fsp3) is 0.500. The maximum absolute atomic E-state index is 11.9. The molecule has 0 fully saturated rings. The lowest BCUT2D eigenvalue weighted by molar-refractivity contribution is -0.141. The van der Waals surface area contributed by atoms with Gasteiger partial charge in [-0.15, -0.1) is 0 Å². The first-order chi connectivity index (χ1) is 11.5. The van der Waals surface area contributed by atoms with Gasteiger partial charge in [0, 0.05) is 31.0 Å². The number of aliphatic hydroxyl groups excluding tert-OH is 2. The Morgan fingerprint density at radius 2 is 1.83 bits per heavy atom. The summed E-state index contributed by atoms with van der Waals surface area (Å²) in [7, 11) is 0. The van der Waals surface area contributed by atoms with Gasteiger partial charge in [-0.2, -0.15) is 0 Å². The molecule has 1 aromatic carbocycles. The van der Waals surface area contributed by atoms with Crippen LogP contribution in [-0.2, 0) is 9.59 Å². The maximum Gasteiger partial charge on any atom is 0.321 e. The summed E-state index contributed by atoms with van der Waals surface area (Å²) in [5.41, 5.74) is 1.49. The molecule has 0 saturated carbocycles. The van der Waals surface area contributed by atoms with Gasteiger partial charge in [0.25, 0.3) is 0 Å². The van der Waals surface area contributed by atoms with Crippen molar-refractivity contribution < 1.29 is 24.9 Å². The van der Waals surface area contributed by atoms with Crippen LogP contribution >= 0.6 is 0 Å². The molecule has 0 bridgehead atoms. The number of carboxylic acids is 1. The fourth-order valence-corrected chi connectivity index (χ4v) is 2.23. The molecule has 8 nitrogen and oxygen atoms in total. The van der Waals surface area contributed by atoms with E-state index in [4.69, 9.17) is 15.3 Å². The normalized spacial score (nSPS) is 11.8. The first-order valence-electron chi connectivity index (χ1n) is 7.84. The summed E-state index contributed by atoms with van der Waals surface area (Å²) in [5, 5.41) is 32.0. The van der Waals surface area contributed by atoms with E-state index in [0.717, 1.165) is 12.2 Å². The smallest absolute Gasteiger partial charge is 0.321 e. The molecule has 0 aliphatic carbocycles. The van der Waals surface area contributed by atoms with Crippen LogP contribution in [0.25, 0.3) is 0 Å². The van der Waals surface area contributed by atoms with Crippen molar-refractivity contribution in [2.45, 2.75) is 19.4 Å². The van der Waals surface area contributed by atoms with Crippen molar-refractivity contribution in [1.29, 1.82) is 0 Å². The summed E-state index contributed by atoms with van der Waals surface area (Å²) >= 11 is 0. The van der Waals surface area contributed by atoms with E-state index in [-0.39, 0.29) is 26.2 Å². The van der Waals surface area contributed by atoms with E-state index in [2.05, 4.69) is 10.6 Å². The summed E-state index contributed by atoms with van der Waals surface area (Å²) in [6.45, 7) is 3.23. The van der Waals surface area contributed by atoms with Crippen LogP contribution in [0.5, 0.6) is 0 Å². The molecule has 8 heteroatoms. The largest absolute Gasteiger partial charge is 0.480 e. The Bertz CT molecular complexity index is 521.